The van der Waals surface area contributed by atoms with E-state index < -0.39 is 0 Å². The van der Waals surface area contributed by atoms with Crippen LogP contribution in [0.5, 0.6) is 5.88 Å². The number of hydrogen-bond donors (Lipinski definition) is 1. The van der Waals surface area contributed by atoms with Crippen LogP contribution in [0.1, 0.15) is 57.9 Å². The summed E-state index contributed by atoms with van der Waals surface area (Å²) in [6.45, 7) is 7.39. The summed E-state index contributed by atoms with van der Waals surface area (Å²) in [7, 11) is 0. The summed E-state index contributed by atoms with van der Waals surface area (Å²) in [5, 5.41) is 3.36. The Hall–Kier alpha value is -1.32. The molecule has 1 aliphatic rings. The molecule has 0 atom stereocenters. The Bertz CT molecular complexity index is 389. The smallest absolute Gasteiger partial charge is 0.222 e. The fourth-order valence-electron chi connectivity index (χ4n) is 2.02. The molecule has 0 unspecified atom stereocenters. The van der Waals surface area contributed by atoms with E-state index in [-0.39, 0.29) is 0 Å². The van der Waals surface area contributed by atoms with Gasteiger partial charge in [0.1, 0.15) is 18.2 Å². The van der Waals surface area contributed by atoms with E-state index in [4.69, 9.17) is 4.74 Å². The molecular formula is C14H23N3O. The SMILES string of the molecule is CCCNc1ncnc(OC2CCC2)c1C(C)C. The molecule has 0 spiro atoms. The van der Waals surface area contributed by atoms with Crippen molar-refractivity contribution in [1.82, 2.24) is 9.97 Å². The molecule has 0 radical (unpaired) electrons. The maximum atomic E-state index is 5.97. The summed E-state index contributed by atoms with van der Waals surface area (Å²) >= 11 is 0. The van der Waals surface area contributed by atoms with Gasteiger partial charge < -0.3 is 10.1 Å². The first-order chi connectivity index (χ1) is 8.72. The Morgan fingerprint density at radius 1 is 1.39 bits per heavy atom. The Morgan fingerprint density at radius 2 is 2.17 bits per heavy atom. The topological polar surface area (TPSA) is 47.0 Å². The van der Waals surface area contributed by atoms with Crippen molar-refractivity contribution in [3.63, 3.8) is 0 Å². The molecular weight excluding hydrogens is 226 g/mol. The second kappa shape index (κ2) is 6.03. The van der Waals surface area contributed by atoms with Gasteiger partial charge in [0.15, 0.2) is 0 Å². The van der Waals surface area contributed by atoms with Gasteiger partial charge in [-0.2, -0.15) is 0 Å². The molecule has 1 aromatic rings. The van der Waals surface area contributed by atoms with Crippen LogP contribution >= 0.6 is 0 Å². The van der Waals surface area contributed by atoms with Gasteiger partial charge in [-0.3, -0.25) is 0 Å². The van der Waals surface area contributed by atoms with E-state index in [1.54, 1.807) is 6.33 Å². The van der Waals surface area contributed by atoms with Crippen LogP contribution in [0.2, 0.25) is 0 Å². The molecule has 1 aliphatic carbocycles. The van der Waals surface area contributed by atoms with Gasteiger partial charge in [-0.25, -0.2) is 9.97 Å². The Labute approximate surface area is 109 Å². The third-order valence-corrected chi connectivity index (χ3v) is 3.30. The molecule has 0 aromatic carbocycles. The van der Waals surface area contributed by atoms with Crippen LogP contribution in [0.4, 0.5) is 5.82 Å². The maximum Gasteiger partial charge on any atom is 0.222 e. The highest BCUT2D eigenvalue weighted by molar-refractivity contribution is 5.50. The molecule has 0 amide bonds. The summed E-state index contributed by atoms with van der Waals surface area (Å²) in [4.78, 5) is 8.66. The number of anilines is 1. The standard InChI is InChI=1S/C14H23N3O/c1-4-8-15-13-12(10(2)3)14(17-9-16-13)18-11-6-5-7-11/h9-11H,4-8H2,1-3H3,(H,15,16,17). The van der Waals surface area contributed by atoms with Crippen molar-refractivity contribution in [2.24, 2.45) is 0 Å². The van der Waals surface area contributed by atoms with Gasteiger partial charge in [0.25, 0.3) is 0 Å². The van der Waals surface area contributed by atoms with Crippen LogP contribution < -0.4 is 10.1 Å². The van der Waals surface area contributed by atoms with E-state index in [1.165, 1.54) is 6.42 Å². The molecule has 1 saturated carbocycles. The van der Waals surface area contributed by atoms with Crippen LogP contribution in [-0.2, 0) is 0 Å². The van der Waals surface area contributed by atoms with E-state index in [9.17, 15) is 0 Å². The summed E-state index contributed by atoms with van der Waals surface area (Å²) < 4.78 is 5.97. The summed E-state index contributed by atoms with van der Waals surface area (Å²) in [6, 6.07) is 0. The fourth-order valence-corrected chi connectivity index (χ4v) is 2.02. The molecule has 4 heteroatoms. The normalized spacial score (nSPS) is 15.6. The number of hydrogen-bond acceptors (Lipinski definition) is 4. The summed E-state index contributed by atoms with van der Waals surface area (Å²) in [6.07, 6.45) is 6.61. The summed E-state index contributed by atoms with van der Waals surface area (Å²) in [5.74, 6) is 2.06. The van der Waals surface area contributed by atoms with Crippen LogP contribution in [0, 0.1) is 0 Å². The maximum absolute atomic E-state index is 5.97. The van der Waals surface area contributed by atoms with Gasteiger partial charge in [-0.1, -0.05) is 20.8 Å². The molecule has 1 heterocycles. The first kappa shape index (κ1) is 13.1. The van der Waals surface area contributed by atoms with Crippen LogP contribution in [-0.4, -0.2) is 22.6 Å². The molecule has 1 aromatic heterocycles. The number of rotatable bonds is 6. The predicted molar refractivity (Wildman–Crippen MR) is 73.2 cm³/mol. The van der Waals surface area contributed by atoms with E-state index in [0.29, 0.717) is 12.0 Å². The highest BCUT2D eigenvalue weighted by Gasteiger charge is 2.23. The van der Waals surface area contributed by atoms with Crippen molar-refractivity contribution in [2.75, 3.05) is 11.9 Å². The molecule has 0 saturated heterocycles. The van der Waals surface area contributed by atoms with Gasteiger partial charge >= 0.3 is 0 Å². The minimum Gasteiger partial charge on any atom is -0.474 e. The molecule has 4 nitrogen and oxygen atoms in total. The van der Waals surface area contributed by atoms with Crippen molar-refractivity contribution in [3.8, 4) is 5.88 Å². The molecule has 1 N–H and O–H groups in total. The number of nitrogens with one attached hydrogen (secondary N) is 1. The van der Waals surface area contributed by atoms with E-state index >= 15 is 0 Å². The van der Waals surface area contributed by atoms with Gasteiger partial charge in [0, 0.05) is 6.54 Å². The van der Waals surface area contributed by atoms with E-state index in [2.05, 4.69) is 36.1 Å². The quantitative estimate of drug-likeness (QED) is 0.839. The van der Waals surface area contributed by atoms with Crippen molar-refractivity contribution in [2.45, 2.75) is 58.5 Å². The molecule has 1 fully saturated rings. The monoisotopic (exact) mass is 249 g/mol. The first-order valence-corrected chi connectivity index (χ1v) is 6.97. The van der Waals surface area contributed by atoms with Crippen molar-refractivity contribution in [1.29, 1.82) is 0 Å². The fraction of sp³-hybridized carbons (Fsp3) is 0.714. The van der Waals surface area contributed by atoms with Crippen LogP contribution in [0.15, 0.2) is 6.33 Å². The van der Waals surface area contributed by atoms with E-state index in [1.807, 2.05) is 0 Å². The Balaban J connectivity index is 2.20. The molecule has 2 rings (SSSR count). The number of ether oxygens (including phenoxy) is 1. The minimum absolute atomic E-state index is 0.358. The molecule has 0 aliphatic heterocycles. The number of aromatic nitrogens is 2. The Kier molecular flexibility index (Phi) is 4.39. The minimum atomic E-state index is 0.358. The lowest BCUT2D eigenvalue weighted by Crippen LogP contribution is -2.26. The first-order valence-electron chi connectivity index (χ1n) is 6.97. The zero-order valence-corrected chi connectivity index (χ0v) is 11.6. The second-order valence-electron chi connectivity index (χ2n) is 5.19. The van der Waals surface area contributed by atoms with Crippen LogP contribution in [0.3, 0.4) is 0 Å². The van der Waals surface area contributed by atoms with E-state index in [0.717, 1.165) is 43.1 Å². The zero-order chi connectivity index (χ0) is 13.0. The van der Waals surface area contributed by atoms with Gasteiger partial charge in [-0.05, 0) is 31.6 Å². The summed E-state index contributed by atoms with van der Waals surface area (Å²) in [5.41, 5.74) is 1.11. The van der Waals surface area contributed by atoms with Gasteiger partial charge in [0.2, 0.25) is 5.88 Å². The van der Waals surface area contributed by atoms with Gasteiger partial charge in [0.05, 0.1) is 5.56 Å². The number of nitrogens with zero attached hydrogens (tertiary/aromatic N) is 2. The van der Waals surface area contributed by atoms with Crippen molar-refractivity contribution < 1.29 is 4.74 Å². The zero-order valence-electron chi connectivity index (χ0n) is 11.6. The molecule has 0 bridgehead atoms. The third-order valence-electron chi connectivity index (χ3n) is 3.30. The van der Waals surface area contributed by atoms with Crippen molar-refractivity contribution in [3.05, 3.63) is 11.9 Å². The highest BCUT2D eigenvalue weighted by Crippen LogP contribution is 2.33. The average Bonchev–Trinajstić information content (AvgIpc) is 2.30. The average molecular weight is 249 g/mol. The van der Waals surface area contributed by atoms with Crippen LogP contribution in [0.25, 0.3) is 0 Å². The predicted octanol–water partition coefficient (Wildman–Crippen LogP) is 3.35. The Morgan fingerprint density at radius 3 is 2.72 bits per heavy atom. The highest BCUT2D eigenvalue weighted by atomic mass is 16.5. The lowest BCUT2D eigenvalue weighted by Gasteiger charge is -2.27. The molecule has 100 valence electrons. The van der Waals surface area contributed by atoms with Crippen molar-refractivity contribution >= 4 is 5.82 Å². The lowest BCUT2D eigenvalue weighted by atomic mass is 9.96. The third kappa shape index (κ3) is 2.92. The largest absolute Gasteiger partial charge is 0.474 e. The molecule has 18 heavy (non-hydrogen) atoms. The lowest BCUT2D eigenvalue weighted by molar-refractivity contribution is 0.113. The van der Waals surface area contributed by atoms with Gasteiger partial charge in [-0.15, -0.1) is 0 Å². The second-order valence-corrected chi connectivity index (χ2v) is 5.19.